The van der Waals surface area contributed by atoms with Gasteiger partial charge in [-0.15, -0.1) is 0 Å². The van der Waals surface area contributed by atoms with Crippen LogP contribution in [0.5, 0.6) is 0 Å². The second-order valence-corrected chi connectivity index (χ2v) is 3.26. The molecule has 1 unspecified atom stereocenters. The van der Waals surface area contributed by atoms with Crippen LogP contribution in [0.2, 0.25) is 0 Å². The van der Waals surface area contributed by atoms with Gasteiger partial charge >= 0.3 is 0 Å². The predicted molar refractivity (Wildman–Crippen MR) is 52.9 cm³/mol. The van der Waals surface area contributed by atoms with E-state index in [0.29, 0.717) is 11.3 Å². The molecule has 0 aliphatic carbocycles. The Kier molecular flexibility index (Phi) is 3.43. The summed E-state index contributed by atoms with van der Waals surface area (Å²) in [4.78, 5) is 16.5. The van der Waals surface area contributed by atoms with Crippen molar-refractivity contribution in [1.82, 2.24) is 14.8 Å². The average molecular weight is 213 g/mol. The number of carbonyl (C=O) groups excluding carboxylic acids is 1. The average Bonchev–Trinajstić information content (AvgIpc) is 2.58. The normalized spacial score (nSPS) is 12.6. The van der Waals surface area contributed by atoms with Crippen LogP contribution in [0.15, 0.2) is 6.20 Å². The number of aryl methyl sites for hydroxylation is 1. The topological polar surface area (TPSA) is 67.6 Å². The molecule has 1 atom stereocenters. The van der Waals surface area contributed by atoms with E-state index in [4.69, 9.17) is 4.84 Å². The minimum atomic E-state index is -0.782. The minimum absolute atomic E-state index is 0.332. The summed E-state index contributed by atoms with van der Waals surface area (Å²) in [6, 6.07) is 0. The minimum Gasteiger partial charge on any atom is -0.387 e. The SMILES string of the molecule is CON(C)C(=O)c1cn(C)nc1C(C)O. The standard InChI is InChI=1S/C9H15N3O3/c1-6(13)8-7(5-11(2)10-8)9(14)12(3)15-4/h5-6,13H,1-4H3. The van der Waals surface area contributed by atoms with Crippen LogP contribution in [0.1, 0.15) is 29.1 Å². The number of amides is 1. The second kappa shape index (κ2) is 4.41. The van der Waals surface area contributed by atoms with E-state index in [9.17, 15) is 9.90 Å². The lowest BCUT2D eigenvalue weighted by molar-refractivity contribution is -0.0758. The van der Waals surface area contributed by atoms with Crippen LogP contribution in [-0.4, -0.2) is 40.0 Å². The molecule has 0 saturated heterocycles. The van der Waals surface area contributed by atoms with Crippen molar-refractivity contribution in [3.05, 3.63) is 17.5 Å². The number of nitrogens with zero attached hydrogens (tertiary/aromatic N) is 3. The lowest BCUT2D eigenvalue weighted by Gasteiger charge is -2.13. The first-order valence-electron chi connectivity index (χ1n) is 4.51. The van der Waals surface area contributed by atoms with Crippen LogP contribution in [0.3, 0.4) is 0 Å². The molecule has 0 radical (unpaired) electrons. The van der Waals surface area contributed by atoms with Crippen LogP contribution < -0.4 is 0 Å². The Morgan fingerprint density at radius 1 is 1.73 bits per heavy atom. The lowest BCUT2D eigenvalue weighted by Crippen LogP contribution is -2.26. The molecule has 1 aromatic heterocycles. The van der Waals surface area contributed by atoms with E-state index in [0.717, 1.165) is 5.06 Å². The summed E-state index contributed by atoms with van der Waals surface area (Å²) in [6.07, 6.45) is 0.773. The van der Waals surface area contributed by atoms with Crippen molar-refractivity contribution in [1.29, 1.82) is 0 Å². The maximum Gasteiger partial charge on any atom is 0.280 e. The Hall–Kier alpha value is -1.40. The first kappa shape index (κ1) is 11.7. The first-order chi connectivity index (χ1) is 6.97. The van der Waals surface area contributed by atoms with Crippen molar-refractivity contribution >= 4 is 5.91 Å². The molecule has 1 amide bonds. The number of hydroxylamine groups is 2. The van der Waals surface area contributed by atoms with E-state index in [1.54, 1.807) is 20.2 Å². The van der Waals surface area contributed by atoms with Gasteiger partial charge < -0.3 is 5.11 Å². The maximum absolute atomic E-state index is 11.8. The lowest BCUT2D eigenvalue weighted by atomic mass is 10.1. The molecule has 1 heterocycles. The fraction of sp³-hybridized carbons (Fsp3) is 0.556. The predicted octanol–water partition coefficient (Wildman–Crippen LogP) is 0.107. The molecule has 0 aromatic carbocycles. The Balaban J connectivity index is 3.07. The highest BCUT2D eigenvalue weighted by Crippen LogP contribution is 2.16. The van der Waals surface area contributed by atoms with Crippen molar-refractivity contribution in [3.63, 3.8) is 0 Å². The van der Waals surface area contributed by atoms with E-state index in [1.165, 1.54) is 18.8 Å². The third-order valence-corrected chi connectivity index (χ3v) is 2.04. The molecule has 0 saturated carbocycles. The summed E-state index contributed by atoms with van der Waals surface area (Å²) in [7, 11) is 4.59. The van der Waals surface area contributed by atoms with Gasteiger partial charge in [-0.2, -0.15) is 5.10 Å². The molecule has 6 nitrogen and oxygen atoms in total. The molecule has 1 N–H and O–H groups in total. The molecular weight excluding hydrogens is 198 g/mol. The summed E-state index contributed by atoms with van der Waals surface area (Å²) in [5.41, 5.74) is 0.697. The van der Waals surface area contributed by atoms with Crippen molar-refractivity contribution in [2.24, 2.45) is 7.05 Å². The Labute approximate surface area is 88.0 Å². The van der Waals surface area contributed by atoms with E-state index in [1.807, 2.05) is 0 Å². The summed E-state index contributed by atoms with van der Waals surface area (Å²) >= 11 is 0. The van der Waals surface area contributed by atoms with Crippen molar-refractivity contribution < 1.29 is 14.7 Å². The highest BCUT2D eigenvalue weighted by molar-refractivity contribution is 5.94. The van der Waals surface area contributed by atoms with Crippen molar-refractivity contribution in [2.45, 2.75) is 13.0 Å². The molecular formula is C9H15N3O3. The number of hydrogen-bond donors (Lipinski definition) is 1. The van der Waals surface area contributed by atoms with Gasteiger partial charge in [-0.25, -0.2) is 5.06 Å². The Bertz CT molecular complexity index is 359. The van der Waals surface area contributed by atoms with Gasteiger partial charge in [-0.3, -0.25) is 14.3 Å². The third kappa shape index (κ3) is 2.34. The summed E-state index contributed by atoms with van der Waals surface area (Å²) in [6.45, 7) is 1.56. The molecule has 1 rings (SSSR count). The highest BCUT2D eigenvalue weighted by Gasteiger charge is 2.21. The molecule has 0 bridgehead atoms. The molecule has 0 fully saturated rings. The number of aliphatic hydroxyl groups is 1. The van der Waals surface area contributed by atoms with E-state index < -0.39 is 6.10 Å². The van der Waals surface area contributed by atoms with Gasteiger partial charge in [0.15, 0.2) is 0 Å². The number of carbonyl (C=O) groups is 1. The van der Waals surface area contributed by atoms with E-state index >= 15 is 0 Å². The van der Waals surface area contributed by atoms with Gasteiger partial charge in [0.25, 0.3) is 5.91 Å². The van der Waals surface area contributed by atoms with Crippen LogP contribution in [-0.2, 0) is 11.9 Å². The fourth-order valence-electron chi connectivity index (χ4n) is 1.23. The van der Waals surface area contributed by atoms with Crippen LogP contribution in [0.4, 0.5) is 0 Å². The van der Waals surface area contributed by atoms with Gasteiger partial charge in [-0.05, 0) is 6.92 Å². The van der Waals surface area contributed by atoms with E-state index in [2.05, 4.69) is 5.10 Å². The Morgan fingerprint density at radius 3 is 2.80 bits per heavy atom. The van der Waals surface area contributed by atoms with Gasteiger partial charge in [0.05, 0.1) is 18.8 Å². The third-order valence-electron chi connectivity index (χ3n) is 2.04. The summed E-state index contributed by atoms with van der Waals surface area (Å²) in [5, 5.41) is 14.5. The molecule has 6 heteroatoms. The zero-order chi connectivity index (χ0) is 11.6. The number of hydrogen-bond acceptors (Lipinski definition) is 4. The zero-order valence-electron chi connectivity index (χ0n) is 9.26. The second-order valence-electron chi connectivity index (χ2n) is 3.26. The van der Waals surface area contributed by atoms with Crippen LogP contribution in [0, 0.1) is 0 Å². The van der Waals surface area contributed by atoms with Gasteiger partial charge in [0.1, 0.15) is 5.69 Å². The van der Waals surface area contributed by atoms with Crippen molar-refractivity contribution in [3.8, 4) is 0 Å². The van der Waals surface area contributed by atoms with Crippen molar-refractivity contribution in [2.75, 3.05) is 14.2 Å². The monoisotopic (exact) mass is 213 g/mol. The molecule has 1 aromatic rings. The van der Waals surface area contributed by atoms with Gasteiger partial charge in [0.2, 0.25) is 0 Å². The number of rotatable bonds is 3. The zero-order valence-corrected chi connectivity index (χ0v) is 9.26. The summed E-state index contributed by atoms with van der Waals surface area (Å²) in [5.74, 6) is -0.332. The quantitative estimate of drug-likeness (QED) is 0.723. The van der Waals surface area contributed by atoms with Gasteiger partial charge in [0, 0.05) is 20.3 Å². The summed E-state index contributed by atoms with van der Waals surface area (Å²) < 4.78 is 1.48. The Morgan fingerprint density at radius 2 is 2.33 bits per heavy atom. The van der Waals surface area contributed by atoms with Gasteiger partial charge in [-0.1, -0.05) is 0 Å². The molecule has 15 heavy (non-hydrogen) atoms. The first-order valence-corrected chi connectivity index (χ1v) is 4.51. The molecule has 0 aliphatic heterocycles. The number of aromatic nitrogens is 2. The molecule has 0 spiro atoms. The molecule has 0 aliphatic rings. The highest BCUT2D eigenvalue weighted by atomic mass is 16.7. The fourth-order valence-corrected chi connectivity index (χ4v) is 1.23. The maximum atomic E-state index is 11.8. The van der Waals surface area contributed by atoms with Crippen LogP contribution >= 0.6 is 0 Å². The van der Waals surface area contributed by atoms with Crippen LogP contribution in [0.25, 0.3) is 0 Å². The largest absolute Gasteiger partial charge is 0.387 e. The number of aliphatic hydroxyl groups excluding tert-OH is 1. The molecule has 84 valence electrons. The van der Waals surface area contributed by atoms with E-state index in [-0.39, 0.29) is 5.91 Å². The smallest absolute Gasteiger partial charge is 0.280 e.